The summed E-state index contributed by atoms with van der Waals surface area (Å²) >= 11 is 3.43. The van der Waals surface area contributed by atoms with Gasteiger partial charge >= 0.3 is 0 Å². The number of phenols is 1. The fourth-order valence-electron chi connectivity index (χ4n) is 3.02. The standard InChI is InChI=1S/C24H28BrNO3/c1-16(2)17(3)21(11-13-27)24(29)9-7-18(22-6-4-5-12-26-22)14-19-15-20(25)8-10-23(19)28/h4-6,8,10-12,14-16,24,27-29H,3,7,9,13H2,1-2H3/b18-14-,21-11-. The first-order valence-electron chi connectivity index (χ1n) is 9.62. The summed E-state index contributed by atoms with van der Waals surface area (Å²) in [4.78, 5) is 4.43. The van der Waals surface area contributed by atoms with E-state index in [0.717, 1.165) is 21.3 Å². The van der Waals surface area contributed by atoms with Gasteiger partial charge in [0.2, 0.25) is 0 Å². The summed E-state index contributed by atoms with van der Waals surface area (Å²) in [5, 5.41) is 30.3. The molecule has 0 aliphatic heterocycles. The van der Waals surface area contributed by atoms with Crippen molar-refractivity contribution in [3.63, 3.8) is 0 Å². The van der Waals surface area contributed by atoms with Gasteiger partial charge in [-0.05, 0) is 71.9 Å². The molecule has 0 bridgehead atoms. The molecule has 1 atom stereocenters. The molecule has 0 fully saturated rings. The van der Waals surface area contributed by atoms with E-state index >= 15 is 0 Å². The van der Waals surface area contributed by atoms with Gasteiger partial charge in [0.05, 0.1) is 18.4 Å². The molecule has 154 valence electrons. The summed E-state index contributed by atoms with van der Waals surface area (Å²) in [6.07, 6.45) is 5.46. The molecule has 5 heteroatoms. The highest BCUT2D eigenvalue weighted by Gasteiger charge is 2.17. The normalized spacial score (nSPS) is 13.6. The molecule has 0 saturated heterocycles. The summed E-state index contributed by atoms with van der Waals surface area (Å²) in [6, 6.07) is 10.9. The van der Waals surface area contributed by atoms with Crippen LogP contribution in [0.15, 0.2) is 70.9 Å². The summed E-state index contributed by atoms with van der Waals surface area (Å²) in [5.74, 6) is 0.350. The number of hydrogen-bond donors (Lipinski definition) is 3. The number of halogens is 1. The predicted octanol–water partition coefficient (Wildman–Crippen LogP) is 5.36. The number of aliphatic hydroxyl groups excluding tert-OH is 2. The van der Waals surface area contributed by atoms with Crippen LogP contribution in [0.2, 0.25) is 0 Å². The molecule has 0 aliphatic carbocycles. The molecule has 29 heavy (non-hydrogen) atoms. The van der Waals surface area contributed by atoms with Crippen LogP contribution in [-0.2, 0) is 0 Å². The lowest BCUT2D eigenvalue weighted by molar-refractivity contribution is 0.201. The molecule has 2 aromatic rings. The van der Waals surface area contributed by atoms with Gasteiger partial charge in [-0.15, -0.1) is 0 Å². The molecule has 0 amide bonds. The Bertz CT molecular complexity index is 888. The van der Waals surface area contributed by atoms with Crippen LogP contribution in [0, 0.1) is 5.92 Å². The number of nitrogens with zero attached hydrogens (tertiary/aromatic N) is 1. The first-order chi connectivity index (χ1) is 13.8. The van der Waals surface area contributed by atoms with Crippen LogP contribution in [0.1, 0.15) is 37.9 Å². The Morgan fingerprint density at radius 2 is 2.00 bits per heavy atom. The predicted molar refractivity (Wildman–Crippen MR) is 122 cm³/mol. The van der Waals surface area contributed by atoms with Crippen LogP contribution < -0.4 is 0 Å². The lowest BCUT2D eigenvalue weighted by atomic mass is 9.89. The topological polar surface area (TPSA) is 73.6 Å². The van der Waals surface area contributed by atoms with E-state index in [4.69, 9.17) is 0 Å². The Labute approximate surface area is 181 Å². The van der Waals surface area contributed by atoms with Crippen molar-refractivity contribution in [3.05, 3.63) is 82.1 Å². The molecule has 1 heterocycles. The van der Waals surface area contributed by atoms with Crippen molar-refractivity contribution in [2.45, 2.75) is 32.8 Å². The Kier molecular flexibility index (Phi) is 8.83. The number of allylic oxidation sites excluding steroid dienone is 1. The van der Waals surface area contributed by atoms with E-state index in [1.165, 1.54) is 0 Å². The third-order valence-electron chi connectivity index (χ3n) is 4.74. The van der Waals surface area contributed by atoms with Crippen LogP contribution in [0.3, 0.4) is 0 Å². The van der Waals surface area contributed by atoms with E-state index in [9.17, 15) is 15.3 Å². The van der Waals surface area contributed by atoms with Gasteiger partial charge in [-0.2, -0.15) is 0 Å². The Morgan fingerprint density at radius 1 is 1.24 bits per heavy atom. The van der Waals surface area contributed by atoms with Gasteiger partial charge in [-0.3, -0.25) is 4.98 Å². The third kappa shape index (κ3) is 6.67. The second-order valence-corrected chi connectivity index (χ2v) is 8.08. The average Bonchev–Trinajstić information content (AvgIpc) is 2.71. The summed E-state index contributed by atoms with van der Waals surface area (Å²) in [5.41, 5.74) is 3.85. The van der Waals surface area contributed by atoms with Crippen molar-refractivity contribution in [1.82, 2.24) is 4.98 Å². The van der Waals surface area contributed by atoms with Gasteiger partial charge < -0.3 is 15.3 Å². The molecule has 1 aromatic heterocycles. The van der Waals surface area contributed by atoms with E-state index in [-0.39, 0.29) is 18.3 Å². The number of hydrogen-bond acceptors (Lipinski definition) is 4. The zero-order valence-electron chi connectivity index (χ0n) is 16.8. The van der Waals surface area contributed by atoms with Crippen LogP contribution in [0.4, 0.5) is 0 Å². The van der Waals surface area contributed by atoms with Gasteiger partial charge in [0.1, 0.15) is 5.75 Å². The largest absolute Gasteiger partial charge is 0.507 e. The molecule has 1 unspecified atom stereocenters. The maximum Gasteiger partial charge on any atom is 0.122 e. The van der Waals surface area contributed by atoms with Crippen LogP contribution >= 0.6 is 15.9 Å². The highest BCUT2D eigenvalue weighted by atomic mass is 79.9. The zero-order valence-corrected chi connectivity index (χ0v) is 18.4. The molecule has 0 radical (unpaired) electrons. The van der Waals surface area contributed by atoms with Gasteiger partial charge in [0.15, 0.2) is 0 Å². The molecule has 4 nitrogen and oxygen atoms in total. The highest BCUT2D eigenvalue weighted by Crippen LogP contribution is 2.30. The monoisotopic (exact) mass is 457 g/mol. The van der Waals surface area contributed by atoms with Crippen LogP contribution in [-0.4, -0.2) is 33.0 Å². The minimum atomic E-state index is -0.750. The van der Waals surface area contributed by atoms with Crippen molar-refractivity contribution in [3.8, 4) is 5.75 Å². The van der Waals surface area contributed by atoms with Crippen LogP contribution in [0.5, 0.6) is 5.75 Å². The highest BCUT2D eigenvalue weighted by molar-refractivity contribution is 9.10. The lowest BCUT2D eigenvalue weighted by Gasteiger charge is -2.20. The van der Waals surface area contributed by atoms with Crippen molar-refractivity contribution < 1.29 is 15.3 Å². The molecule has 3 N–H and O–H groups in total. The van der Waals surface area contributed by atoms with Gasteiger partial charge in [0.25, 0.3) is 0 Å². The van der Waals surface area contributed by atoms with Crippen molar-refractivity contribution in [2.75, 3.05) is 6.61 Å². The average molecular weight is 458 g/mol. The number of aromatic hydroxyl groups is 1. The molecule has 0 saturated carbocycles. The Balaban J connectivity index is 2.32. The summed E-state index contributed by atoms with van der Waals surface area (Å²) < 4.78 is 0.864. The minimum Gasteiger partial charge on any atom is -0.507 e. The van der Waals surface area contributed by atoms with E-state index < -0.39 is 6.10 Å². The number of aromatic nitrogens is 1. The fourth-order valence-corrected chi connectivity index (χ4v) is 3.39. The molecule has 0 aliphatic rings. The molecule has 2 rings (SSSR count). The smallest absolute Gasteiger partial charge is 0.122 e. The number of phenolic OH excluding ortho intramolecular Hbond substituents is 1. The minimum absolute atomic E-state index is 0.146. The van der Waals surface area contributed by atoms with E-state index in [1.54, 1.807) is 24.4 Å². The molecular formula is C24H28BrNO3. The van der Waals surface area contributed by atoms with E-state index in [0.29, 0.717) is 24.0 Å². The zero-order chi connectivity index (χ0) is 21.4. The first kappa shape index (κ1) is 23.1. The molecule has 1 aromatic carbocycles. The summed E-state index contributed by atoms with van der Waals surface area (Å²) in [6.45, 7) is 7.94. The Hall–Kier alpha value is -2.21. The Morgan fingerprint density at radius 3 is 2.62 bits per heavy atom. The second-order valence-electron chi connectivity index (χ2n) is 7.16. The summed E-state index contributed by atoms with van der Waals surface area (Å²) in [7, 11) is 0. The van der Waals surface area contributed by atoms with Gasteiger partial charge in [-0.1, -0.05) is 48.5 Å². The lowest BCUT2D eigenvalue weighted by Crippen LogP contribution is -2.15. The number of aliphatic hydroxyl groups is 2. The van der Waals surface area contributed by atoms with Gasteiger partial charge in [0, 0.05) is 16.2 Å². The van der Waals surface area contributed by atoms with Gasteiger partial charge in [-0.25, -0.2) is 0 Å². The van der Waals surface area contributed by atoms with E-state index in [2.05, 4.69) is 27.5 Å². The molecule has 0 spiro atoms. The number of benzene rings is 1. The number of rotatable bonds is 9. The fraction of sp³-hybridized carbons (Fsp3) is 0.292. The first-order valence-corrected chi connectivity index (χ1v) is 10.4. The van der Waals surface area contributed by atoms with Crippen molar-refractivity contribution in [2.24, 2.45) is 5.92 Å². The number of pyridine rings is 1. The third-order valence-corrected chi connectivity index (χ3v) is 5.23. The maximum absolute atomic E-state index is 10.8. The SMILES string of the molecule is C=C(/C(=C/CO)C(O)CC/C(=C/c1cc(Br)ccc1O)c1ccccn1)C(C)C. The van der Waals surface area contributed by atoms with Crippen molar-refractivity contribution in [1.29, 1.82) is 0 Å². The van der Waals surface area contributed by atoms with E-state index in [1.807, 2.05) is 44.2 Å². The maximum atomic E-state index is 10.8. The van der Waals surface area contributed by atoms with Crippen LogP contribution in [0.25, 0.3) is 11.6 Å². The van der Waals surface area contributed by atoms with Crippen molar-refractivity contribution >= 4 is 27.6 Å². The quantitative estimate of drug-likeness (QED) is 0.442. The molecular weight excluding hydrogens is 430 g/mol. The second kappa shape index (κ2) is 11.1.